The molecule has 1 aliphatic carbocycles. The first-order valence-electron chi connectivity index (χ1n) is 7.52. The summed E-state index contributed by atoms with van der Waals surface area (Å²) >= 11 is 0. The van der Waals surface area contributed by atoms with E-state index < -0.39 is 0 Å². The van der Waals surface area contributed by atoms with E-state index in [-0.39, 0.29) is 5.78 Å². The van der Waals surface area contributed by atoms with Gasteiger partial charge in [0.15, 0.2) is 0 Å². The predicted molar refractivity (Wildman–Crippen MR) is 95.3 cm³/mol. The highest BCUT2D eigenvalue weighted by molar-refractivity contribution is 6.50. The van der Waals surface area contributed by atoms with Crippen LogP contribution in [-0.4, -0.2) is 11.5 Å². The molecule has 0 unspecified atom stereocenters. The van der Waals surface area contributed by atoms with E-state index >= 15 is 0 Å². The fourth-order valence-electron chi connectivity index (χ4n) is 2.13. The molecule has 3 rings (SSSR count). The molecule has 0 heterocycles. The zero-order valence-corrected chi connectivity index (χ0v) is 13.2. The van der Waals surface area contributed by atoms with Crippen LogP contribution < -0.4 is 5.43 Å². The molecule has 1 aliphatic rings. The molecule has 0 radical (unpaired) electrons. The summed E-state index contributed by atoms with van der Waals surface area (Å²) in [5.41, 5.74) is 5.92. The Hall–Kier alpha value is -3.34. The molecule has 24 heavy (non-hydrogen) atoms. The first-order chi connectivity index (χ1) is 11.7. The highest BCUT2D eigenvalue weighted by atomic mass is 16.1. The number of para-hydroxylation sites is 1. The van der Waals surface area contributed by atoms with Crippen LogP contribution in [0.2, 0.25) is 0 Å². The van der Waals surface area contributed by atoms with Gasteiger partial charge in [-0.1, -0.05) is 36.4 Å². The van der Waals surface area contributed by atoms with Crippen LogP contribution in [0.5, 0.6) is 0 Å². The second-order valence-electron chi connectivity index (χ2n) is 5.24. The molecular formula is C19H16N4O. The monoisotopic (exact) mass is 316 g/mol. The Balaban J connectivity index is 1.81. The average Bonchev–Trinajstić information content (AvgIpc) is 2.63. The van der Waals surface area contributed by atoms with Crippen molar-refractivity contribution in [3.63, 3.8) is 0 Å². The Morgan fingerprint density at radius 1 is 0.833 bits per heavy atom. The molecular weight excluding hydrogens is 300 g/mol. The minimum Gasteiger partial charge on any atom is -0.287 e. The molecule has 5 heteroatoms. The molecule has 5 nitrogen and oxygen atoms in total. The van der Waals surface area contributed by atoms with Gasteiger partial charge in [-0.3, -0.25) is 10.2 Å². The number of allylic oxidation sites excluding steroid dienone is 3. The van der Waals surface area contributed by atoms with E-state index in [1.54, 1.807) is 19.1 Å². The van der Waals surface area contributed by atoms with Crippen LogP contribution in [0.3, 0.4) is 0 Å². The van der Waals surface area contributed by atoms with E-state index in [4.69, 9.17) is 0 Å². The average molecular weight is 316 g/mol. The highest BCUT2D eigenvalue weighted by Gasteiger charge is 2.17. The zero-order chi connectivity index (χ0) is 16.8. The van der Waals surface area contributed by atoms with Crippen molar-refractivity contribution >= 4 is 22.9 Å². The summed E-state index contributed by atoms with van der Waals surface area (Å²) in [6, 6.07) is 18.9. The maximum Gasteiger partial charge on any atom is 0.209 e. The third-order valence-electron chi connectivity index (χ3n) is 3.36. The number of rotatable bonds is 4. The van der Waals surface area contributed by atoms with Gasteiger partial charge in [-0.25, -0.2) is 0 Å². The van der Waals surface area contributed by atoms with Crippen molar-refractivity contribution in [2.24, 2.45) is 15.3 Å². The molecule has 1 N–H and O–H groups in total. The van der Waals surface area contributed by atoms with Gasteiger partial charge < -0.3 is 0 Å². The molecule has 0 spiro atoms. The van der Waals surface area contributed by atoms with Crippen molar-refractivity contribution in [3.8, 4) is 0 Å². The van der Waals surface area contributed by atoms with Gasteiger partial charge >= 0.3 is 0 Å². The smallest absolute Gasteiger partial charge is 0.209 e. The number of anilines is 1. The summed E-state index contributed by atoms with van der Waals surface area (Å²) in [6.45, 7) is 1.74. The number of Topliss-reactive ketones (excluding diaryl/α,β-unsaturated/α-hetero) is 1. The molecule has 0 amide bonds. The summed E-state index contributed by atoms with van der Waals surface area (Å²) < 4.78 is 0. The number of carbonyl (C=O) groups is 1. The SMILES string of the molecule is CC1=CC(N=Nc2ccccc2)=C/C(=N\Nc2ccccc2)C1=O. The molecule has 0 aliphatic heterocycles. The summed E-state index contributed by atoms with van der Waals surface area (Å²) in [5.74, 6) is -0.128. The molecule has 2 aromatic carbocycles. The third-order valence-corrected chi connectivity index (χ3v) is 3.36. The summed E-state index contributed by atoms with van der Waals surface area (Å²) in [5, 5.41) is 12.5. The minimum atomic E-state index is -0.128. The second kappa shape index (κ2) is 7.28. The van der Waals surface area contributed by atoms with E-state index in [9.17, 15) is 4.79 Å². The van der Waals surface area contributed by atoms with Gasteiger partial charge in [-0.05, 0) is 43.3 Å². The van der Waals surface area contributed by atoms with Crippen molar-refractivity contribution in [1.82, 2.24) is 0 Å². The molecule has 0 saturated carbocycles. The number of ketones is 1. The second-order valence-corrected chi connectivity index (χ2v) is 5.24. The van der Waals surface area contributed by atoms with Gasteiger partial charge in [0.25, 0.3) is 0 Å². The van der Waals surface area contributed by atoms with Crippen LogP contribution in [-0.2, 0) is 4.79 Å². The van der Waals surface area contributed by atoms with Crippen LogP contribution >= 0.6 is 0 Å². The topological polar surface area (TPSA) is 66.2 Å². The van der Waals surface area contributed by atoms with Crippen molar-refractivity contribution < 1.29 is 4.79 Å². The number of hydrazone groups is 1. The first-order valence-corrected chi connectivity index (χ1v) is 7.52. The quantitative estimate of drug-likeness (QED) is 0.507. The lowest BCUT2D eigenvalue weighted by atomic mass is 10.0. The van der Waals surface area contributed by atoms with Crippen molar-refractivity contribution in [2.75, 3.05) is 5.43 Å². The van der Waals surface area contributed by atoms with Crippen molar-refractivity contribution in [2.45, 2.75) is 6.92 Å². The first kappa shape index (κ1) is 15.6. The lowest BCUT2D eigenvalue weighted by molar-refractivity contribution is -0.109. The van der Waals surface area contributed by atoms with Gasteiger partial charge in [0.1, 0.15) is 5.71 Å². The number of hydrogen-bond acceptors (Lipinski definition) is 5. The Morgan fingerprint density at radius 2 is 1.50 bits per heavy atom. The van der Waals surface area contributed by atoms with Crippen molar-refractivity contribution in [1.29, 1.82) is 0 Å². The van der Waals surface area contributed by atoms with Gasteiger partial charge in [0.2, 0.25) is 5.78 Å². The number of nitrogens with one attached hydrogen (secondary N) is 1. The number of carbonyl (C=O) groups excluding carboxylic acids is 1. The normalized spacial score (nSPS) is 16.2. The van der Waals surface area contributed by atoms with Crippen molar-refractivity contribution in [3.05, 3.63) is 84.1 Å². The van der Waals surface area contributed by atoms with Crippen LogP contribution in [0.15, 0.2) is 99.4 Å². The molecule has 0 fully saturated rings. The lowest BCUT2D eigenvalue weighted by Crippen LogP contribution is -2.18. The minimum absolute atomic E-state index is 0.128. The number of azo groups is 1. The number of benzene rings is 2. The standard InChI is InChI=1S/C19H16N4O/c1-14-12-17(22-20-15-8-4-2-5-9-15)13-18(19(14)24)23-21-16-10-6-3-7-11-16/h2-13,21H,1H3/b22-20?,23-18+. The Morgan fingerprint density at radius 3 is 2.21 bits per heavy atom. The summed E-state index contributed by atoms with van der Waals surface area (Å²) in [7, 11) is 0. The predicted octanol–water partition coefficient (Wildman–Crippen LogP) is 4.65. The largest absolute Gasteiger partial charge is 0.287 e. The molecule has 0 atom stereocenters. The summed E-state index contributed by atoms with van der Waals surface area (Å²) in [4.78, 5) is 12.2. The van der Waals surface area contributed by atoms with Crippen LogP contribution in [0.25, 0.3) is 0 Å². The third kappa shape index (κ3) is 3.89. The number of nitrogens with zero attached hydrogens (tertiary/aromatic N) is 3. The van der Waals surface area contributed by atoms with Gasteiger partial charge in [-0.2, -0.15) is 15.3 Å². The van der Waals surface area contributed by atoms with Crippen LogP contribution in [0, 0.1) is 0 Å². The number of hydrogen-bond donors (Lipinski definition) is 1. The van der Waals surface area contributed by atoms with Crippen LogP contribution in [0.1, 0.15) is 6.92 Å². The Labute approximate surface area is 140 Å². The summed E-state index contributed by atoms with van der Waals surface area (Å²) in [6.07, 6.45) is 3.33. The Bertz CT molecular complexity index is 849. The van der Waals surface area contributed by atoms with E-state index in [1.807, 2.05) is 60.7 Å². The van der Waals surface area contributed by atoms with Gasteiger partial charge in [0.05, 0.1) is 17.1 Å². The van der Waals surface area contributed by atoms with Gasteiger partial charge in [0, 0.05) is 5.57 Å². The highest BCUT2D eigenvalue weighted by Crippen LogP contribution is 2.18. The van der Waals surface area contributed by atoms with E-state index in [0.29, 0.717) is 17.0 Å². The molecule has 0 aromatic heterocycles. The molecule has 2 aromatic rings. The molecule has 118 valence electrons. The zero-order valence-electron chi connectivity index (χ0n) is 13.2. The maximum atomic E-state index is 12.2. The van der Waals surface area contributed by atoms with Gasteiger partial charge in [-0.15, -0.1) is 0 Å². The van der Waals surface area contributed by atoms with E-state index in [1.165, 1.54) is 0 Å². The molecule has 0 saturated heterocycles. The Kier molecular flexibility index (Phi) is 4.72. The van der Waals surface area contributed by atoms with E-state index in [2.05, 4.69) is 20.8 Å². The van der Waals surface area contributed by atoms with Crippen LogP contribution in [0.4, 0.5) is 11.4 Å². The molecule has 0 bridgehead atoms. The lowest BCUT2D eigenvalue weighted by Gasteiger charge is -2.09. The maximum absolute atomic E-state index is 12.2. The fourth-order valence-corrected chi connectivity index (χ4v) is 2.13. The fraction of sp³-hybridized carbons (Fsp3) is 0.0526. The van der Waals surface area contributed by atoms with E-state index in [0.717, 1.165) is 11.4 Å².